The molecule has 146 valence electrons. The van der Waals surface area contributed by atoms with Crippen molar-refractivity contribution in [3.63, 3.8) is 0 Å². The molecule has 2 aliphatic carbocycles. The van der Waals surface area contributed by atoms with Crippen molar-refractivity contribution >= 4 is 0 Å². The quantitative estimate of drug-likeness (QED) is 0.582. The summed E-state index contributed by atoms with van der Waals surface area (Å²) in [5.41, 5.74) is 0. The minimum Gasteiger partial charge on any atom is -0.494 e. The summed E-state index contributed by atoms with van der Waals surface area (Å²) in [5.74, 6) is 1.14. The number of halogens is 2. The third-order valence-electron chi connectivity index (χ3n) is 6.73. The van der Waals surface area contributed by atoms with Gasteiger partial charge in [0.2, 0.25) is 11.6 Å². The third-order valence-corrected chi connectivity index (χ3v) is 6.73. The molecule has 3 rings (SSSR count). The van der Waals surface area contributed by atoms with Crippen LogP contribution in [0.1, 0.15) is 64.7 Å². The van der Waals surface area contributed by atoms with Gasteiger partial charge in [-0.1, -0.05) is 26.2 Å². The van der Waals surface area contributed by atoms with Crippen LogP contribution in [-0.2, 0) is 0 Å². The number of ether oxygens (including phenoxy) is 2. The van der Waals surface area contributed by atoms with Gasteiger partial charge in [-0.3, -0.25) is 0 Å². The van der Waals surface area contributed by atoms with E-state index in [0.29, 0.717) is 12.5 Å². The number of methoxy groups -OCH3 is 1. The van der Waals surface area contributed by atoms with E-state index in [1.165, 1.54) is 64.2 Å². The predicted molar refractivity (Wildman–Crippen MR) is 99.6 cm³/mol. The predicted octanol–water partition coefficient (Wildman–Crippen LogP) is 6.38. The summed E-state index contributed by atoms with van der Waals surface area (Å²) >= 11 is 0. The SMILES string of the molecule is CC[C@H]1CC[C@H](C2CCC(COc3ccc(OC)c(F)c3F)CC2)CC1. The van der Waals surface area contributed by atoms with Crippen molar-refractivity contribution in [1.82, 2.24) is 0 Å². The molecule has 0 spiro atoms. The summed E-state index contributed by atoms with van der Waals surface area (Å²) in [5, 5.41) is 0. The van der Waals surface area contributed by atoms with Crippen molar-refractivity contribution in [3.05, 3.63) is 23.8 Å². The molecule has 1 aromatic rings. The zero-order valence-corrected chi connectivity index (χ0v) is 16.1. The second kappa shape index (κ2) is 9.05. The highest BCUT2D eigenvalue weighted by atomic mass is 19.2. The molecule has 2 saturated carbocycles. The van der Waals surface area contributed by atoms with Gasteiger partial charge in [0, 0.05) is 0 Å². The Morgan fingerprint density at radius 2 is 1.31 bits per heavy atom. The second-order valence-corrected chi connectivity index (χ2v) is 8.17. The van der Waals surface area contributed by atoms with Crippen LogP contribution in [0.15, 0.2) is 12.1 Å². The summed E-state index contributed by atoms with van der Waals surface area (Å²) in [6, 6.07) is 2.87. The molecule has 0 unspecified atom stereocenters. The maximum absolute atomic E-state index is 14.0. The molecule has 0 saturated heterocycles. The van der Waals surface area contributed by atoms with Crippen LogP contribution in [0, 0.1) is 35.3 Å². The highest BCUT2D eigenvalue weighted by Crippen LogP contribution is 2.42. The van der Waals surface area contributed by atoms with Gasteiger partial charge in [-0.15, -0.1) is 0 Å². The van der Waals surface area contributed by atoms with E-state index in [1.807, 2.05) is 0 Å². The van der Waals surface area contributed by atoms with Gasteiger partial charge in [-0.25, -0.2) is 0 Å². The second-order valence-electron chi connectivity index (χ2n) is 8.17. The lowest BCUT2D eigenvalue weighted by atomic mass is 9.69. The zero-order valence-electron chi connectivity index (χ0n) is 16.1. The molecule has 0 amide bonds. The Morgan fingerprint density at radius 1 is 0.808 bits per heavy atom. The number of hydrogen-bond donors (Lipinski definition) is 0. The fraction of sp³-hybridized carbons (Fsp3) is 0.727. The fourth-order valence-corrected chi connectivity index (χ4v) is 4.88. The lowest BCUT2D eigenvalue weighted by molar-refractivity contribution is 0.121. The van der Waals surface area contributed by atoms with Gasteiger partial charge in [0.1, 0.15) is 0 Å². The molecule has 4 heteroatoms. The molecule has 26 heavy (non-hydrogen) atoms. The zero-order chi connectivity index (χ0) is 18.5. The average molecular weight is 366 g/mol. The summed E-state index contributed by atoms with van der Waals surface area (Å²) in [7, 11) is 1.32. The molecular weight excluding hydrogens is 334 g/mol. The molecular formula is C22H32F2O2. The van der Waals surface area contributed by atoms with Gasteiger partial charge in [-0.2, -0.15) is 8.78 Å². The van der Waals surface area contributed by atoms with E-state index in [2.05, 4.69) is 6.92 Å². The Balaban J connectivity index is 1.44. The van der Waals surface area contributed by atoms with Crippen molar-refractivity contribution in [2.24, 2.45) is 23.7 Å². The first kappa shape index (κ1) is 19.4. The van der Waals surface area contributed by atoms with Gasteiger partial charge in [0.15, 0.2) is 11.5 Å². The summed E-state index contributed by atoms with van der Waals surface area (Å²) in [6.07, 6.45) is 11.8. The first-order chi connectivity index (χ1) is 12.6. The fourth-order valence-electron chi connectivity index (χ4n) is 4.88. The average Bonchev–Trinajstić information content (AvgIpc) is 2.70. The monoisotopic (exact) mass is 366 g/mol. The van der Waals surface area contributed by atoms with E-state index < -0.39 is 11.6 Å². The Hall–Kier alpha value is -1.32. The topological polar surface area (TPSA) is 18.5 Å². The van der Waals surface area contributed by atoms with E-state index >= 15 is 0 Å². The van der Waals surface area contributed by atoms with Gasteiger partial charge in [0.05, 0.1) is 13.7 Å². The molecule has 0 aliphatic heterocycles. The van der Waals surface area contributed by atoms with E-state index in [1.54, 1.807) is 0 Å². The largest absolute Gasteiger partial charge is 0.494 e. The Bertz CT molecular complexity index is 574. The molecule has 2 nitrogen and oxygen atoms in total. The van der Waals surface area contributed by atoms with Gasteiger partial charge in [-0.05, 0) is 74.3 Å². The van der Waals surface area contributed by atoms with Crippen molar-refractivity contribution in [2.45, 2.75) is 64.7 Å². The maximum Gasteiger partial charge on any atom is 0.204 e. The highest BCUT2D eigenvalue weighted by molar-refractivity contribution is 5.34. The molecule has 0 aromatic heterocycles. The normalized spacial score (nSPS) is 29.4. The summed E-state index contributed by atoms with van der Waals surface area (Å²) in [4.78, 5) is 0. The molecule has 0 N–H and O–H groups in total. The molecule has 0 heterocycles. The van der Waals surface area contributed by atoms with Crippen LogP contribution in [0.5, 0.6) is 11.5 Å². The van der Waals surface area contributed by atoms with Crippen LogP contribution < -0.4 is 9.47 Å². The molecule has 0 radical (unpaired) electrons. The molecule has 2 aliphatic rings. The van der Waals surface area contributed by atoms with E-state index in [0.717, 1.165) is 30.6 Å². The van der Waals surface area contributed by atoms with Gasteiger partial charge >= 0.3 is 0 Å². The van der Waals surface area contributed by atoms with Gasteiger partial charge in [0.25, 0.3) is 0 Å². The van der Waals surface area contributed by atoms with Crippen LogP contribution in [0.25, 0.3) is 0 Å². The van der Waals surface area contributed by atoms with Crippen LogP contribution >= 0.6 is 0 Å². The number of benzene rings is 1. The van der Waals surface area contributed by atoms with Crippen LogP contribution in [-0.4, -0.2) is 13.7 Å². The minimum atomic E-state index is -0.976. The van der Waals surface area contributed by atoms with E-state index in [4.69, 9.17) is 9.47 Å². The van der Waals surface area contributed by atoms with Crippen LogP contribution in [0.3, 0.4) is 0 Å². The smallest absolute Gasteiger partial charge is 0.204 e. The van der Waals surface area contributed by atoms with E-state index in [9.17, 15) is 8.78 Å². The first-order valence-electron chi connectivity index (χ1n) is 10.3. The summed E-state index contributed by atoms with van der Waals surface area (Å²) in [6.45, 7) is 2.78. The Morgan fingerprint density at radius 3 is 1.85 bits per heavy atom. The lowest BCUT2D eigenvalue weighted by Crippen LogP contribution is -2.27. The molecule has 0 atom stereocenters. The van der Waals surface area contributed by atoms with Crippen molar-refractivity contribution in [1.29, 1.82) is 0 Å². The Kier molecular flexibility index (Phi) is 6.77. The van der Waals surface area contributed by atoms with E-state index in [-0.39, 0.29) is 11.5 Å². The molecule has 1 aromatic carbocycles. The first-order valence-corrected chi connectivity index (χ1v) is 10.3. The maximum atomic E-state index is 14.0. The number of hydrogen-bond acceptors (Lipinski definition) is 2. The lowest BCUT2D eigenvalue weighted by Gasteiger charge is -2.37. The van der Waals surface area contributed by atoms with Crippen LogP contribution in [0.4, 0.5) is 8.78 Å². The van der Waals surface area contributed by atoms with Crippen molar-refractivity contribution in [3.8, 4) is 11.5 Å². The van der Waals surface area contributed by atoms with Crippen molar-refractivity contribution < 1.29 is 18.3 Å². The standard InChI is InChI=1S/C22H32F2O2/c1-3-15-4-8-17(9-5-15)18-10-6-16(7-11-18)14-26-20-13-12-19(25-2)21(23)22(20)24/h12-13,15-18H,3-11,14H2,1-2H3/t15-,16?,17-,18?. The molecule has 0 bridgehead atoms. The highest BCUT2D eigenvalue weighted by Gasteiger charge is 2.30. The minimum absolute atomic E-state index is 0.0108. The van der Waals surface area contributed by atoms with Crippen LogP contribution in [0.2, 0.25) is 0 Å². The number of rotatable bonds is 6. The third kappa shape index (κ3) is 4.50. The van der Waals surface area contributed by atoms with Crippen molar-refractivity contribution in [2.75, 3.05) is 13.7 Å². The Labute approximate surface area is 156 Å². The van der Waals surface area contributed by atoms with Gasteiger partial charge < -0.3 is 9.47 Å². The summed E-state index contributed by atoms with van der Waals surface area (Å²) < 4.78 is 38.1. The molecule has 2 fully saturated rings.